The number of amides is 2. The summed E-state index contributed by atoms with van der Waals surface area (Å²) < 4.78 is 5.29. The maximum absolute atomic E-state index is 12.5. The molecule has 0 heterocycles. The highest BCUT2D eigenvalue weighted by Crippen LogP contribution is 2.18. The third-order valence-corrected chi connectivity index (χ3v) is 3.36. The molecule has 5 heteroatoms. The lowest BCUT2D eigenvalue weighted by molar-refractivity contribution is -0.138. The molecule has 0 fully saturated rings. The number of carbonyl (C=O) groups excluding carboxylic acids is 2. The Morgan fingerprint density at radius 3 is 2.13 bits per heavy atom. The fraction of sp³-hybridized carbons (Fsp3) is 0.556. The number of hydrogen-bond donors (Lipinski definition) is 2. The van der Waals surface area contributed by atoms with Crippen LogP contribution in [-0.2, 0) is 14.3 Å². The van der Waals surface area contributed by atoms with E-state index in [2.05, 4.69) is 10.6 Å². The van der Waals surface area contributed by atoms with E-state index in [1.54, 1.807) is 13.8 Å². The highest BCUT2D eigenvalue weighted by molar-refractivity contribution is 5.92. The summed E-state index contributed by atoms with van der Waals surface area (Å²) in [7, 11) is 1.48. The first kappa shape index (κ1) is 19.2. The van der Waals surface area contributed by atoms with Crippen molar-refractivity contribution < 1.29 is 14.3 Å². The Labute approximate surface area is 138 Å². The molecule has 0 aliphatic rings. The number of ether oxygens (including phenoxy) is 1. The smallest absolute Gasteiger partial charge is 0.254 e. The second-order valence-electron chi connectivity index (χ2n) is 7.38. The van der Waals surface area contributed by atoms with Crippen molar-refractivity contribution >= 4 is 11.8 Å². The topological polar surface area (TPSA) is 67.4 Å². The van der Waals surface area contributed by atoms with E-state index in [0.29, 0.717) is 6.54 Å². The summed E-state index contributed by atoms with van der Waals surface area (Å²) in [5.41, 5.74) is -0.290. The van der Waals surface area contributed by atoms with Crippen molar-refractivity contribution in [2.75, 3.05) is 13.7 Å². The lowest BCUT2D eigenvalue weighted by atomic mass is 9.95. The Kier molecular flexibility index (Phi) is 6.33. The number of rotatable bonds is 6. The van der Waals surface area contributed by atoms with Gasteiger partial charge in [-0.25, -0.2) is 0 Å². The van der Waals surface area contributed by atoms with Crippen LogP contribution in [0.4, 0.5) is 0 Å². The average Bonchev–Trinajstić information content (AvgIpc) is 2.45. The highest BCUT2D eigenvalue weighted by atomic mass is 16.5. The summed E-state index contributed by atoms with van der Waals surface area (Å²) in [6, 6.07) is 9.20. The van der Waals surface area contributed by atoms with Crippen LogP contribution < -0.4 is 10.6 Å². The average molecular weight is 320 g/mol. The van der Waals surface area contributed by atoms with Gasteiger partial charge >= 0.3 is 0 Å². The van der Waals surface area contributed by atoms with Crippen molar-refractivity contribution in [3.63, 3.8) is 0 Å². The zero-order chi connectivity index (χ0) is 17.7. The van der Waals surface area contributed by atoms with Gasteiger partial charge in [-0.3, -0.25) is 9.59 Å². The maximum atomic E-state index is 12.5. The van der Waals surface area contributed by atoms with E-state index in [4.69, 9.17) is 4.74 Å². The van der Waals surface area contributed by atoms with E-state index in [1.807, 2.05) is 51.1 Å². The van der Waals surface area contributed by atoms with Crippen LogP contribution in [0.2, 0.25) is 0 Å². The highest BCUT2D eigenvalue weighted by Gasteiger charge is 2.33. The quantitative estimate of drug-likeness (QED) is 0.846. The summed E-state index contributed by atoms with van der Waals surface area (Å²) in [4.78, 5) is 24.8. The summed E-state index contributed by atoms with van der Waals surface area (Å²) >= 11 is 0. The van der Waals surface area contributed by atoms with Crippen LogP contribution in [-0.4, -0.2) is 31.0 Å². The molecule has 0 bridgehead atoms. The van der Waals surface area contributed by atoms with Crippen LogP contribution in [0.15, 0.2) is 30.3 Å². The van der Waals surface area contributed by atoms with E-state index in [9.17, 15) is 9.59 Å². The molecule has 0 saturated carbocycles. The minimum Gasteiger partial charge on any atom is -0.367 e. The predicted octanol–water partition coefficient (Wildman–Crippen LogP) is 2.43. The summed E-state index contributed by atoms with van der Waals surface area (Å²) in [5, 5.41) is 5.64. The molecular formula is C18H28N2O3. The normalized spacial score (nSPS) is 13.3. The minimum atomic E-state index is -1.02. The molecule has 2 N–H and O–H groups in total. The first-order valence-electron chi connectivity index (χ1n) is 7.75. The third kappa shape index (κ3) is 6.02. The summed E-state index contributed by atoms with van der Waals surface area (Å²) in [6.45, 7) is 10.0. The number of benzene rings is 1. The van der Waals surface area contributed by atoms with Crippen LogP contribution in [0.5, 0.6) is 0 Å². The molecule has 1 aromatic rings. The van der Waals surface area contributed by atoms with E-state index in [1.165, 1.54) is 7.11 Å². The number of carbonyl (C=O) groups is 2. The van der Waals surface area contributed by atoms with Gasteiger partial charge in [0, 0.05) is 13.7 Å². The third-order valence-electron chi connectivity index (χ3n) is 3.36. The molecule has 5 nitrogen and oxygen atoms in total. The van der Waals surface area contributed by atoms with Crippen molar-refractivity contribution in [1.82, 2.24) is 10.6 Å². The van der Waals surface area contributed by atoms with E-state index < -0.39 is 11.6 Å². The Morgan fingerprint density at radius 2 is 1.65 bits per heavy atom. The van der Waals surface area contributed by atoms with Crippen molar-refractivity contribution in [2.45, 2.75) is 46.3 Å². The number of methoxy groups -OCH3 is 1. The van der Waals surface area contributed by atoms with Gasteiger partial charge in [-0.2, -0.15) is 0 Å². The number of hydrogen-bond acceptors (Lipinski definition) is 3. The van der Waals surface area contributed by atoms with Gasteiger partial charge in [-0.15, -0.1) is 0 Å². The second-order valence-corrected chi connectivity index (χ2v) is 7.38. The van der Waals surface area contributed by atoms with Gasteiger partial charge in [0.1, 0.15) is 5.54 Å². The predicted molar refractivity (Wildman–Crippen MR) is 90.9 cm³/mol. The molecule has 0 spiro atoms. The zero-order valence-corrected chi connectivity index (χ0v) is 14.9. The van der Waals surface area contributed by atoms with E-state index in [0.717, 1.165) is 5.56 Å². The van der Waals surface area contributed by atoms with Crippen molar-refractivity contribution in [3.05, 3.63) is 35.9 Å². The van der Waals surface area contributed by atoms with E-state index in [-0.39, 0.29) is 17.2 Å². The first-order chi connectivity index (χ1) is 10.6. The Morgan fingerprint density at radius 1 is 1.09 bits per heavy atom. The molecule has 0 aliphatic carbocycles. The molecule has 1 unspecified atom stereocenters. The van der Waals surface area contributed by atoms with Crippen LogP contribution in [0.1, 0.15) is 46.3 Å². The second kappa shape index (κ2) is 7.59. The van der Waals surface area contributed by atoms with Gasteiger partial charge in [0.25, 0.3) is 5.91 Å². The summed E-state index contributed by atoms with van der Waals surface area (Å²) in [5.74, 6) is -0.557. The lowest BCUT2D eigenvalue weighted by Crippen LogP contribution is -2.56. The van der Waals surface area contributed by atoms with E-state index >= 15 is 0 Å². The molecule has 1 aromatic carbocycles. The van der Waals surface area contributed by atoms with Crippen LogP contribution in [0.25, 0.3) is 0 Å². The molecule has 2 amide bonds. The molecule has 0 radical (unpaired) electrons. The van der Waals surface area contributed by atoms with Gasteiger partial charge in [-0.1, -0.05) is 51.1 Å². The molecule has 0 aliphatic heterocycles. The van der Waals surface area contributed by atoms with Gasteiger partial charge in [-0.05, 0) is 24.8 Å². The molecule has 0 aromatic heterocycles. The maximum Gasteiger partial charge on any atom is 0.254 e. The lowest BCUT2D eigenvalue weighted by Gasteiger charge is -2.29. The van der Waals surface area contributed by atoms with Crippen molar-refractivity contribution in [1.29, 1.82) is 0 Å². The van der Waals surface area contributed by atoms with Crippen LogP contribution in [0.3, 0.4) is 0 Å². The zero-order valence-electron chi connectivity index (χ0n) is 14.9. The van der Waals surface area contributed by atoms with Gasteiger partial charge in [0.15, 0.2) is 6.10 Å². The monoisotopic (exact) mass is 320 g/mol. The van der Waals surface area contributed by atoms with Gasteiger partial charge < -0.3 is 15.4 Å². The molecule has 128 valence electrons. The SMILES string of the molecule is COC(C(=O)NC(C)(C)C(=O)NCC(C)(C)C)c1ccccc1. The van der Waals surface area contributed by atoms with Gasteiger partial charge in [0.2, 0.25) is 5.91 Å². The molecule has 1 rings (SSSR count). The van der Waals surface area contributed by atoms with Crippen molar-refractivity contribution in [3.8, 4) is 0 Å². The fourth-order valence-corrected chi connectivity index (χ4v) is 2.02. The number of nitrogens with one attached hydrogen (secondary N) is 2. The Balaban J connectivity index is 2.75. The Hall–Kier alpha value is -1.88. The molecular weight excluding hydrogens is 292 g/mol. The van der Waals surface area contributed by atoms with Gasteiger partial charge in [0.05, 0.1) is 0 Å². The molecule has 1 atom stereocenters. The fourth-order valence-electron chi connectivity index (χ4n) is 2.02. The van der Waals surface area contributed by atoms with Crippen LogP contribution in [0, 0.1) is 5.41 Å². The molecule has 23 heavy (non-hydrogen) atoms. The first-order valence-corrected chi connectivity index (χ1v) is 7.75. The Bertz CT molecular complexity index is 533. The molecule has 0 saturated heterocycles. The van der Waals surface area contributed by atoms with Crippen LogP contribution >= 0.6 is 0 Å². The largest absolute Gasteiger partial charge is 0.367 e. The minimum absolute atomic E-state index is 0.0190. The van der Waals surface area contributed by atoms with Crippen molar-refractivity contribution in [2.24, 2.45) is 5.41 Å². The summed E-state index contributed by atoms with van der Waals surface area (Å²) in [6.07, 6.45) is -0.745. The standard InChI is InChI=1S/C18H28N2O3/c1-17(2,3)12-19-16(22)18(4,5)20-15(21)14(23-6)13-10-8-7-9-11-13/h7-11,14H,12H2,1-6H3,(H,19,22)(H,20,21).